The molecule has 30 heavy (non-hydrogen) atoms. The molecule has 0 atom stereocenters. The number of amides is 1. The van der Waals surface area contributed by atoms with Gasteiger partial charge in [0.2, 0.25) is 5.91 Å². The molecule has 2 aromatic rings. The molecule has 1 aromatic heterocycles. The zero-order valence-electron chi connectivity index (χ0n) is 17.9. The molecule has 6 nitrogen and oxygen atoms in total. The highest BCUT2D eigenvalue weighted by molar-refractivity contribution is 9.10. The van der Waals surface area contributed by atoms with E-state index in [0.29, 0.717) is 35.3 Å². The van der Waals surface area contributed by atoms with Crippen molar-refractivity contribution in [3.63, 3.8) is 0 Å². The molecule has 1 fully saturated rings. The predicted octanol–water partition coefficient (Wildman–Crippen LogP) is 4.47. The molecule has 1 amide bonds. The number of methoxy groups -OCH3 is 1. The van der Waals surface area contributed by atoms with Gasteiger partial charge in [-0.05, 0) is 44.9 Å². The number of thioether (sulfide) groups is 1. The maximum atomic E-state index is 13.1. The van der Waals surface area contributed by atoms with Gasteiger partial charge in [0.25, 0.3) is 5.56 Å². The van der Waals surface area contributed by atoms with Gasteiger partial charge in [-0.25, -0.2) is 4.98 Å². The number of carbonyl (C=O) groups is 1. The summed E-state index contributed by atoms with van der Waals surface area (Å²) in [5, 5.41) is 1.12. The first-order chi connectivity index (χ1) is 14.4. The van der Waals surface area contributed by atoms with Gasteiger partial charge in [0, 0.05) is 23.7 Å². The molecule has 1 saturated carbocycles. The van der Waals surface area contributed by atoms with Crippen LogP contribution < -0.4 is 5.56 Å². The van der Waals surface area contributed by atoms with E-state index in [1.54, 1.807) is 17.7 Å². The largest absolute Gasteiger partial charge is 0.383 e. The van der Waals surface area contributed by atoms with Gasteiger partial charge in [-0.15, -0.1) is 0 Å². The van der Waals surface area contributed by atoms with E-state index in [0.717, 1.165) is 17.3 Å². The van der Waals surface area contributed by atoms with Gasteiger partial charge in [0.1, 0.15) is 0 Å². The summed E-state index contributed by atoms with van der Waals surface area (Å²) < 4.78 is 7.64. The third-order valence-corrected chi connectivity index (χ3v) is 6.99. The Labute approximate surface area is 190 Å². The highest BCUT2D eigenvalue weighted by Gasteiger charge is 2.27. The molecule has 0 radical (unpaired) electrons. The zero-order valence-corrected chi connectivity index (χ0v) is 20.3. The van der Waals surface area contributed by atoms with E-state index < -0.39 is 0 Å². The van der Waals surface area contributed by atoms with Crippen LogP contribution in [0.2, 0.25) is 0 Å². The number of hydrogen-bond acceptors (Lipinski definition) is 5. The van der Waals surface area contributed by atoms with Crippen molar-refractivity contribution in [1.82, 2.24) is 14.5 Å². The van der Waals surface area contributed by atoms with Gasteiger partial charge >= 0.3 is 0 Å². The molecule has 0 aliphatic heterocycles. The molecule has 0 spiro atoms. The van der Waals surface area contributed by atoms with Crippen LogP contribution in [0.3, 0.4) is 0 Å². The van der Waals surface area contributed by atoms with Crippen molar-refractivity contribution in [3.05, 3.63) is 33.0 Å². The van der Waals surface area contributed by atoms with E-state index in [-0.39, 0.29) is 23.3 Å². The fourth-order valence-electron chi connectivity index (χ4n) is 4.14. The first kappa shape index (κ1) is 23.3. The summed E-state index contributed by atoms with van der Waals surface area (Å²) >= 11 is 4.77. The minimum Gasteiger partial charge on any atom is -0.383 e. The average molecular weight is 496 g/mol. The quantitative estimate of drug-likeness (QED) is 0.399. The number of ether oxygens (including phenoxy) is 1. The van der Waals surface area contributed by atoms with Crippen LogP contribution in [0.25, 0.3) is 10.9 Å². The molecule has 164 valence electrons. The molecule has 0 unspecified atom stereocenters. The van der Waals surface area contributed by atoms with Crippen LogP contribution in [0.1, 0.15) is 46.0 Å². The number of rotatable bonds is 8. The summed E-state index contributed by atoms with van der Waals surface area (Å²) in [6.07, 6.45) is 5.79. The number of halogens is 1. The molecular formula is C22H30BrN3O3S. The molecule has 0 N–H and O–H groups in total. The van der Waals surface area contributed by atoms with Crippen molar-refractivity contribution in [2.75, 3.05) is 19.5 Å². The van der Waals surface area contributed by atoms with Crippen LogP contribution in [-0.4, -0.2) is 51.9 Å². The fraction of sp³-hybridized carbons (Fsp3) is 0.591. The second kappa shape index (κ2) is 10.8. The van der Waals surface area contributed by atoms with E-state index in [1.165, 1.54) is 31.0 Å². The van der Waals surface area contributed by atoms with E-state index >= 15 is 0 Å². The van der Waals surface area contributed by atoms with Crippen molar-refractivity contribution >= 4 is 44.5 Å². The minimum absolute atomic E-state index is 0.110. The van der Waals surface area contributed by atoms with E-state index in [9.17, 15) is 9.59 Å². The number of nitrogens with zero attached hydrogens (tertiary/aromatic N) is 3. The second-order valence-electron chi connectivity index (χ2n) is 7.98. The Balaban J connectivity index is 1.85. The number of carbonyl (C=O) groups excluding carboxylic acids is 1. The molecule has 1 aliphatic carbocycles. The maximum absolute atomic E-state index is 13.1. The van der Waals surface area contributed by atoms with Gasteiger partial charge < -0.3 is 9.64 Å². The smallest absolute Gasteiger partial charge is 0.262 e. The maximum Gasteiger partial charge on any atom is 0.262 e. The normalized spacial score (nSPS) is 15.1. The third-order valence-electron chi connectivity index (χ3n) is 5.54. The van der Waals surface area contributed by atoms with Crippen LogP contribution in [0.5, 0.6) is 0 Å². The third kappa shape index (κ3) is 5.45. The molecule has 3 rings (SSSR count). The zero-order chi connectivity index (χ0) is 21.7. The minimum atomic E-state index is -0.110. The van der Waals surface area contributed by atoms with E-state index in [4.69, 9.17) is 9.72 Å². The standard InChI is InChI=1S/C22H30BrN3O3S/c1-15(2)26(17-7-5-4-6-8-17)20(27)14-30-22-24-19-10-9-16(23)13-18(19)21(28)25(22)11-12-29-3/h9-10,13,15,17H,4-8,11-12,14H2,1-3H3. The van der Waals surface area contributed by atoms with Gasteiger partial charge in [-0.2, -0.15) is 0 Å². The van der Waals surface area contributed by atoms with Crippen LogP contribution in [0.15, 0.2) is 32.6 Å². The Morgan fingerprint density at radius 1 is 1.33 bits per heavy atom. The predicted molar refractivity (Wildman–Crippen MR) is 125 cm³/mol. The first-order valence-corrected chi connectivity index (χ1v) is 12.3. The monoisotopic (exact) mass is 495 g/mol. The van der Waals surface area contributed by atoms with Gasteiger partial charge in [0.05, 0.1) is 29.8 Å². The van der Waals surface area contributed by atoms with Crippen molar-refractivity contribution in [2.24, 2.45) is 0 Å². The van der Waals surface area contributed by atoms with Crippen molar-refractivity contribution in [2.45, 2.75) is 69.7 Å². The molecule has 0 saturated heterocycles. The SMILES string of the molecule is COCCn1c(SCC(=O)N(C(C)C)C2CCCCC2)nc2ccc(Br)cc2c1=O. The topological polar surface area (TPSA) is 64.4 Å². The Morgan fingerprint density at radius 2 is 2.07 bits per heavy atom. The molecular weight excluding hydrogens is 466 g/mol. The summed E-state index contributed by atoms with van der Waals surface area (Å²) in [6, 6.07) is 5.98. The van der Waals surface area contributed by atoms with Crippen LogP contribution >= 0.6 is 27.7 Å². The summed E-state index contributed by atoms with van der Waals surface area (Å²) in [6.45, 7) is 4.97. The summed E-state index contributed by atoms with van der Waals surface area (Å²) in [7, 11) is 1.61. The highest BCUT2D eigenvalue weighted by Crippen LogP contribution is 2.26. The lowest BCUT2D eigenvalue weighted by Gasteiger charge is -2.37. The Bertz CT molecular complexity index is 941. The lowest BCUT2D eigenvalue weighted by atomic mass is 9.93. The summed E-state index contributed by atoms with van der Waals surface area (Å²) in [4.78, 5) is 33.0. The van der Waals surface area contributed by atoms with E-state index in [1.807, 2.05) is 17.0 Å². The summed E-state index contributed by atoms with van der Waals surface area (Å²) in [5.41, 5.74) is 0.529. The Kier molecular flexibility index (Phi) is 8.36. The molecule has 0 bridgehead atoms. The fourth-order valence-corrected chi connectivity index (χ4v) is 5.39. The molecule has 1 heterocycles. The lowest BCUT2D eigenvalue weighted by Crippen LogP contribution is -2.46. The van der Waals surface area contributed by atoms with Crippen molar-refractivity contribution in [1.29, 1.82) is 0 Å². The molecule has 8 heteroatoms. The first-order valence-electron chi connectivity index (χ1n) is 10.6. The van der Waals surface area contributed by atoms with Crippen LogP contribution in [0, 0.1) is 0 Å². The Morgan fingerprint density at radius 3 is 2.73 bits per heavy atom. The number of aromatic nitrogens is 2. The van der Waals surface area contributed by atoms with E-state index in [2.05, 4.69) is 29.8 Å². The molecule has 1 aromatic carbocycles. The van der Waals surface area contributed by atoms with Gasteiger partial charge in [0.15, 0.2) is 5.16 Å². The van der Waals surface area contributed by atoms with Crippen LogP contribution in [-0.2, 0) is 16.1 Å². The van der Waals surface area contributed by atoms with Gasteiger partial charge in [-0.3, -0.25) is 14.2 Å². The number of hydrogen-bond donors (Lipinski definition) is 0. The van der Waals surface area contributed by atoms with Crippen molar-refractivity contribution in [3.8, 4) is 0 Å². The van der Waals surface area contributed by atoms with Gasteiger partial charge in [-0.1, -0.05) is 47.0 Å². The second-order valence-corrected chi connectivity index (χ2v) is 9.84. The molecule has 1 aliphatic rings. The Hall–Kier alpha value is -1.38. The summed E-state index contributed by atoms with van der Waals surface area (Å²) in [5.74, 6) is 0.390. The number of benzene rings is 1. The van der Waals surface area contributed by atoms with Crippen molar-refractivity contribution < 1.29 is 9.53 Å². The number of fused-ring (bicyclic) bond motifs is 1. The van der Waals surface area contributed by atoms with Crippen LogP contribution in [0.4, 0.5) is 0 Å². The highest BCUT2D eigenvalue weighted by atomic mass is 79.9. The average Bonchev–Trinajstić information content (AvgIpc) is 2.73. The lowest BCUT2D eigenvalue weighted by molar-refractivity contribution is -0.133.